The Morgan fingerprint density at radius 2 is 1.76 bits per heavy atom. The molecule has 0 amide bonds. The lowest BCUT2D eigenvalue weighted by Gasteiger charge is -2.36. The summed E-state index contributed by atoms with van der Waals surface area (Å²) in [5, 5.41) is 0. The molecule has 0 saturated carbocycles. The van der Waals surface area contributed by atoms with E-state index in [9.17, 15) is 8.42 Å². The lowest BCUT2D eigenvalue weighted by molar-refractivity contribution is 0.117. The summed E-state index contributed by atoms with van der Waals surface area (Å²) in [6, 6.07) is 17.7. The van der Waals surface area contributed by atoms with Gasteiger partial charge in [0.05, 0.1) is 12.8 Å². The van der Waals surface area contributed by atoms with E-state index in [-0.39, 0.29) is 12.0 Å². The molecule has 134 valence electrons. The van der Waals surface area contributed by atoms with E-state index in [0.717, 1.165) is 23.3 Å². The van der Waals surface area contributed by atoms with Crippen molar-refractivity contribution in [3.8, 4) is 5.75 Å². The van der Waals surface area contributed by atoms with E-state index >= 15 is 0 Å². The van der Waals surface area contributed by atoms with Crippen LogP contribution in [0.15, 0.2) is 54.6 Å². The van der Waals surface area contributed by atoms with Crippen LogP contribution >= 0.6 is 0 Å². The Kier molecular flexibility index (Phi) is 5.42. The fourth-order valence-corrected chi connectivity index (χ4v) is 4.12. The van der Waals surface area contributed by atoms with Crippen LogP contribution in [0.5, 0.6) is 5.75 Å². The van der Waals surface area contributed by atoms with Crippen molar-refractivity contribution in [2.75, 3.05) is 19.3 Å². The number of ether oxygens (including phenoxy) is 1. The van der Waals surface area contributed by atoms with E-state index in [4.69, 9.17) is 10.5 Å². The quantitative estimate of drug-likeness (QED) is 0.888. The van der Waals surface area contributed by atoms with Crippen molar-refractivity contribution >= 4 is 10.0 Å². The molecule has 1 saturated heterocycles. The molecule has 5 nitrogen and oxygen atoms in total. The minimum Gasteiger partial charge on any atom is -0.489 e. The normalized spacial score (nSPS) is 21.8. The van der Waals surface area contributed by atoms with Gasteiger partial charge in [-0.1, -0.05) is 42.5 Å². The van der Waals surface area contributed by atoms with Crippen molar-refractivity contribution in [3.05, 3.63) is 65.7 Å². The van der Waals surface area contributed by atoms with Crippen LogP contribution in [-0.2, 0) is 16.6 Å². The molecule has 2 aromatic carbocycles. The highest BCUT2D eigenvalue weighted by Crippen LogP contribution is 2.30. The van der Waals surface area contributed by atoms with Crippen LogP contribution in [0.1, 0.15) is 23.5 Å². The number of rotatable bonds is 5. The summed E-state index contributed by atoms with van der Waals surface area (Å²) < 4.78 is 31.8. The Hall–Kier alpha value is -1.89. The summed E-state index contributed by atoms with van der Waals surface area (Å²) in [7, 11) is -3.27. The van der Waals surface area contributed by atoms with E-state index in [1.165, 1.54) is 10.6 Å². The van der Waals surface area contributed by atoms with Crippen LogP contribution in [0.25, 0.3) is 0 Å². The van der Waals surface area contributed by atoms with Crippen LogP contribution in [0, 0.1) is 0 Å². The van der Waals surface area contributed by atoms with Gasteiger partial charge in [-0.05, 0) is 29.7 Å². The van der Waals surface area contributed by atoms with Gasteiger partial charge in [-0.25, -0.2) is 8.42 Å². The maximum Gasteiger partial charge on any atom is 0.211 e. The van der Waals surface area contributed by atoms with E-state index in [1.807, 2.05) is 54.6 Å². The van der Waals surface area contributed by atoms with Crippen molar-refractivity contribution in [2.24, 2.45) is 5.73 Å². The molecule has 25 heavy (non-hydrogen) atoms. The maximum absolute atomic E-state index is 12.1. The largest absolute Gasteiger partial charge is 0.489 e. The minimum absolute atomic E-state index is 0.123. The average molecular weight is 360 g/mol. The zero-order valence-electron chi connectivity index (χ0n) is 14.3. The molecule has 0 aromatic heterocycles. The molecule has 0 aliphatic carbocycles. The van der Waals surface area contributed by atoms with Gasteiger partial charge in [0, 0.05) is 19.0 Å². The van der Waals surface area contributed by atoms with Gasteiger partial charge in [-0.3, -0.25) is 0 Å². The molecule has 2 unspecified atom stereocenters. The SMILES string of the molecule is CS(=O)(=O)N1CC(Oc2ccc(CN)cc2)CC(c2ccccc2)C1. The fraction of sp³-hybridized carbons (Fsp3) is 0.368. The summed E-state index contributed by atoms with van der Waals surface area (Å²) in [5.74, 6) is 0.863. The van der Waals surface area contributed by atoms with Gasteiger partial charge in [-0.2, -0.15) is 4.31 Å². The molecule has 1 aliphatic heterocycles. The first-order valence-corrected chi connectivity index (χ1v) is 10.3. The number of nitrogens with two attached hydrogens (primary N) is 1. The number of nitrogens with zero attached hydrogens (tertiary/aromatic N) is 1. The van der Waals surface area contributed by atoms with E-state index in [0.29, 0.717) is 19.6 Å². The molecule has 0 spiro atoms. The lowest BCUT2D eigenvalue weighted by atomic mass is 9.90. The molecule has 6 heteroatoms. The van der Waals surface area contributed by atoms with E-state index < -0.39 is 10.0 Å². The molecule has 3 rings (SSSR count). The monoisotopic (exact) mass is 360 g/mol. The van der Waals surface area contributed by atoms with Crippen molar-refractivity contribution < 1.29 is 13.2 Å². The summed E-state index contributed by atoms with van der Waals surface area (Å²) in [5.41, 5.74) is 7.80. The molecule has 1 fully saturated rings. The van der Waals surface area contributed by atoms with Crippen LogP contribution in [0.2, 0.25) is 0 Å². The van der Waals surface area contributed by atoms with Gasteiger partial charge in [-0.15, -0.1) is 0 Å². The second-order valence-electron chi connectivity index (χ2n) is 6.51. The zero-order chi connectivity index (χ0) is 17.9. The molecule has 1 aliphatic rings. The maximum atomic E-state index is 12.1. The molecule has 2 aromatic rings. The molecule has 1 heterocycles. The van der Waals surface area contributed by atoms with Gasteiger partial charge in [0.1, 0.15) is 11.9 Å². The van der Waals surface area contributed by atoms with Crippen LogP contribution in [0.3, 0.4) is 0 Å². The van der Waals surface area contributed by atoms with Gasteiger partial charge in [0.15, 0.2) is 0 Å². The first kappa shape index (κ1) is 17.9. The van der Waals surface area contributed by atoms with E-state index in [1.54, 1.807) is 0 Å². The van der Waals surface area contributed by atoms with Gasteiger partial charge >= 0.3 is 0 Å². The van der Waals surface area contributed by atoms with Gasteiger partial charge in [0.2, 0.25) is 10.0 Å². The number of benzene rings is 2. The Bertz CT molecular complexity index is 791. The molecule has 2 N–H and O–H groups in total. The number of sulfonamides is 1. The van der Waals surface area contributed by atoms with Crippen LogP contribution in [-0.4, -0.2) is 38.2 Å². The number of hydrogen-bond acceptors (Lipinski definition) is 4. The van der Waals surface area contributed by atoms with Gasteiger partial charge < -0.3 is 10.5 Å². The Morgan fingerprint density at radius 3 is 2.36 bits per heavy atom. The Labute approximate surface area is 149 Å². The summed E-state index contributed by atoms with van der Waals surface area (Å²) in [6.07, 6.45) is 1.86. The van der Waals surface area contributed by atoms with Crippen LogP contribution in [0.4, 0.5) is 0 Å². The second kappa shape index (κ2) is 7.56. The highest BCUT2D eigenvalue weighted by atomic mass is 32.2. The average Bonchev–Trinajstić information content (AvgIpc) is 2.62. The smallest absolute Gasteiger partial charge is 0.211 e. The van der Waals surface area contributed by atoms with E-state index in [2.05, 4.69) is 0 Å². The summed E-state index contributed by atoms with van der Waals surface area (Å²) in [4.78, 5) is 0. The number of piperidine rings is 1. The van der Waals surface area contributed by atoms with Crippen LogP contribution < -0.4 is 10.5 Å². The van der Waals surface area contributed by atoms with Crippen molar-refractivity contribution in [1.82, 2.24) is 4.31 Å². The number of hydrogen-bond donors (Lipinski definition) is 1. The van der Waals surface area contributed by atoms with Gasteiger partial charge in [0.25, 0.3) is 0 Å². The molecule has 2 atom stereocenters. The predicted molar refractivity (Wildman–Crippen MR) is 99.0 cm³/mol. The topological polar surface area (TPSA) is 72.6 Å². The molecule has 0 bridgehead atoms. The third-order valence-electron chi connectivity index (χ3n) is 4.58. The highest BCUT2D eigenvalue weighted by Gasteiger charge is 2.33. The first-order valence-electron chi connectivity index (χ1n) is 8.41. The molecular weight excluding hydrogens is 336 g/mol. The zero-order valence-corrected chi connectivity index (χ0v) is 15.2. The Balaban J connectivity index is 1.79. The fourth-order valence-electron chi connectivity index (χ4n) is 3.23. The lowest BCUT2D eigenvalue weighted by Crippen LogP contribution is -2.47. The van der Waals surface area contributed by atoms with Crippen molar-refractivity contribution in [3.63, 3.8) is 0 Å². The minimum atomic E-state index is -3.27. The summed E-state index contributed by atoms with van der Waals surface area (Å²) in [6.45, 7) is 1.36. The molecular formula is C19H24N2O3S. The second-order valence-corrected chi connectivity index (χ2v) is 8.49. The summed E-state index contributed by atoms with van der Waals surface area (Å²) >= 11 is 0. The highest BCUT2D eigenvalue weighted by molar-refractivity contribution is 7.88. The van der Waals surface area contributed by atoms with Crippen molar-refractivity contribution in [2.45, 2.75) is 25.0 Å². The third-order valence-corrected chi connectivity index (χ3v) is 5.82. The predicted octanol–water partition coefficient (Wildman–Crippen LogP) is 2.34. The third kappa shape index (κ3) is 4.60. The Morgan fingerprint density at radius 1 is 1.08 bits per heavy atom. The first-order chi connectivity index (χ1) is 12.0. The molecule has 0 radical (unpaired) electrons. The van der Waals surface area contributed by atoms with Crippen molar-refractivity contribution in [1.29, 1.82) is 0 Å². The standard InChI is InChI=1S/C19H24N2O3S/c1-25(22,23)21-13-17(16-5-3-2-4-6-16)11-19(14-21)24-18-9-7-15(12-20)8-10-18/h2-10,17,19H,11-14,20H2,1H3.